The van der Waals surface area contributed by atoms with Gasteiger partial charge in [-0.05, 0) is 37.3 Å². The predicted molar refractivity (Wildman–Crippen MR) is 110 cm³/mol. The van der Waals surface area contributed by atoms with Crippen molar-refractivity contribution in [3.05, 3.63) is 53.6 Å². The Morgan fingerprint density at radius 1 is 1.07 bits per heavy atom. The number of phenolic OH excluding ortho intramolecular Hbond substituents is 1. The van der Waals surface area contributed by atoms with Crippen LogP contribution < -0.4 is 15.5 Å². The van der Waals surface area contributed by atoms with Crippen LogP contribution in [0.3, 0.4) is 0 Å². The van der Waals surface area contributed by atoms with Gasteiger partial charge >= 0.3 is 6.03 Å². The highest BCUT2D eigenvalue weighted by Gasteiger charge is 2.24. The normalized spacial score (nSPS) is 15.1. The lowest BCUT2D eigenvalue weighted by Crippen LogP contribution is -2.54. The van der Waals surface area contributed by atoms with E-state index in [0.717, 1.165) is 5.69 Å². The minimum atomic E-state index is -0.738. The van der Waals surface area contributed by atoms with Crippen molar-refractivity contribution < 1.29 is 14.7 Å². The molecular formula is C20H23ClN4O3. The highest BCUT2D eigenvalue weighted by Crippen LogP contribution is 2.22. The van der Waals surface area contributed by atoms with Crippen molar-refractivity contribution in [3.63, 3.8) is 0 Å². The van der Waals surface area contributed by atoms with Crippen LogP contribution in [0.4, 0.5) is 16.2 Å². The molecule has 28 heavy (non-hydrogen) atoms. The summed E-state index contributed by atoms with van der Waals surface area (Å²) in [5.74, 6) is -0.418. The second-order valence-corrected chi connectivity index (χ2v) is 7.07. The van der Waals surface area contributed by atoms with Crippen LogP contribution in [0.25, 0.3) is 0 Å². The van der Waals surface area contributed by atoms with E-state index in [1.165, 1.54) is 6.07 Å². The van der Waals surface area contributed by atoms with Gasteiger partial charge in [0.1, 0.15) is 11.8 Å². The third kappa shape index (κ3) is 4.86. The number of hydrogen-bond acceptors (Lipinski definition) is 4. The molecule has 0 unspecified atom stereocenters. The van der Waals surface area contributed by atoms with Crippen LogP contribution in [0.1, 0.15) is 6.92 Å². The topological polar surface area (TPSA) is 84.9 Å². The van der Waals surface area contributed by atoms with E-state index in [4.69, 9.17) is 11.6 Å². The van der Waals surface area contributed by atoms with Crippen LogP contribution >= 0.6 is 11.6 Å². The van der Waals surface area contributed by atoms with Crippen LogP contribution in [0, 0.1) is 0 Å². The Hall–Kier alpha value is -2.93. The Morgan fingerprint density at radius 2 is 1.79 bits per heavy atom. The zero-order valence-electron chi connectivity index (χ0n) is 15.6. The van der Waals surface area contributed by atoms with Crippen molar-refractivity contribution in [2.45, 2.75) is 13.0 Å². The van der Waals surface area contributed by atoms with Crippen molar-refractivity contribution >= 4 is 34.9 Å². The first kappa shape index (κ1) is 19.8. The first-order valence-electron chi connectivity index (χ1n) is 9.09. The number of aromatic hydroxyl groups is 1. The van der Waals surface area contributed by atoms with Crippen LogP contribution in [0.2, 0.25) is 5.02 Å². The molecule has 1 aliphatic heterocycles. The quantitative estimate of drug-likeness (QED) is 0.686. The molecule has 3 rings (SSSR count). The maximum atomic E-state index is 12.5. The SMILES string of the molecule is C[C@H](NC(=O)N1CCN(c2cccc(Cl)c2)CC1)C(=O)Nc1ccccc1O. The van der Waals surface area contributed by atoms with Crippen molar-refractivity contribution in [2.24, 2.45) is 0 Å². The van der Waals surface area contributed by atoms with Gasteiger partial charge in [-0.2, -0.15) is 0 Å². The molecule has 8 heteroatoms. The smallest absolute Gasteiger partial charge is 0.318 e. The molecule has 148 valence electrons. The average Bonchev–Trinajstić information content (AvgIpc) is 2.69. The molecule has 2 aromatic rings. The number of amides is 3. The van der Waals surface area contributed by atoms with Gasteiger partial charge < -0.3 is 25.5 Å². The molecule has 0 bridgehead atoms. The fourth-order valence-corrected chi connectivity index (χ4v) is 3.19. The highest BCUT2D eigenvalue weighted by atomic mass is 35.5. The summed E-state index contributed by atoms with van der Waals surface area (Å²) in [4.78, 5) is 28.6. The summed E-state index contributed by atoms with van der Waals surface area (Å²) < 4.78 is 0. The van der Waals surface area contributed by atoms with Gasteiger partial charge in [-0.25, -0.2) is 4.79 Å². The van der Waals surface area contributed by atoms with E-state index in [0.29, 0.717) is 36.9 Å². The first-order chi connectivity index (χ1) is 13.4. The largest absolute Gasteiger partial charge is 0.506 e. The van der Waals surface area contributed by atoms with E-state index >= 15 is 0 Å². The molecule has 1 aliphatic rings. The molecule has 0 aliphatic carbocycles. The number of para-hydroxylation sites is 2. The molecule has 1 saturated heterocycles. The van der Waals surface area contributed by atoms with E-state index < -0.39 is 11.9 Å². The minimum Gasteiger partial charge on any atom is -0.506 e. The Bertz CT molecular complexity index is 853. The molecule has 1 heterocycles. The van der Waals surface area contributed by atoms with E-state index in [9.17, 15) is 14.7 Å². The molecule has 1 fully saturated rings. The summed E-state index contributed by atoms with van der Waals surface area (Å²) in [7, 11) is 0. The molecule has 3 amide bonds. The van der Waals surface area contributed by atoms with Gasteiger partial charge in [0.2, 0.25) is 5.91 Å². The van der Waals surface area contributed by atoms with Gasteiger partial charge in [0.25, 0.3) is 0 Å². The summed E-state index contributed by atoms with van der Waals surface area (Å²) in [5.41, 5.74) is 1.34. The average molecular weight is 403 g/mol. The molecule has 0 radical (unpaired) electrons. The van der Waals surface area contributed by atoms with Crippen LogP contribution in [-0.4, -0.2) is 54.2 Å². The summed E-state index contributed by atoms with van der Waals surface area (Å²) in [6.45, 7) is 4.08. The van der Waals surface area contributed by atoms with Crippen LogP contribution in [-0.2, 0) is 4.79 Å². The van der Waals surface area contributed by atoms with Crippen molar-refractivity contribution in [1.82, 2.24) is 10.2 Å². The Kier molecular flexibility index (Phi) is 6.26. The van der Waals surface area contributed by atoms with E-state index in [-0.39, 0.29) is 11.8 Å². The number of urea groups is 1. The molecule has 7 nitrogen and oxygen atoms in total. The highest BCUT2D eigenvalue weighted by molar-refractivity contribution is 6.30. The summed E-state index contributed by atoms with van der Waals surface area (Å²) in [6, 6.07) is 13.1. The number of hydrogen-bond donors (Lipinski definition) is 3. The number of phenols is 1. The molecular weight excluding hydrogens is 380 g/mol. The molecule has 0 spiro atoms. The lowest BCUT2D eigenvalue weighted by Gasteiger charge is -2.36. The number of rotatable bonds is 4. The Labute approximate surface area is 168 Å². The molecule has 3 N–H and O–H groups in total. The lowest BCUT2D eigenvalue weighted by atomic mass is 10.2. The zero-order chi connectivity index (χ0) is 20.1. The van der Waals surface area contributed by atoms with Gasteiger partial charge in [-0.1, -0.05) is 29.8 Å². The monoisotopic (exact) mass is 402 g/mol. The zero-order valence-corrected chi connectivity index (χ0v) is 16.3. The van der Waals surface area contributed by atoms with Crippen molar-refractivity contribution in [3.8, 4) is 5.75 Å². The first-order valence-corrected chi connectivity index (χ1v) is 9.46. The lowest BCUT2D eigenvalue weighted by molar-refractivity contribution is -0.117. The van der Waals surface area contributed by atoms with Crippen molar-refractivity contribution in [2.75, 3.05) is 36.4 Å². The Morgan fingerprint density at radius 3 is 2.46 bits per heavy atom. The summed E-state index contributed by atoms with van der Waals surface area (Å²) in [5, 5.41) is 15.7. The number of halogens is 1. The molecule has 2 aromatic carbocycles. The number of carbonyl (C=O) groups is 2. The fourth-order valence-electron chi connectivity index (χ4n) is 3.00. The minimum absolute atomic E-state index is 0.0217. The number of carbonyl (C=O) groups excluding carboxylic acids is 2. The van der Waals surface area contributed by atoms with E-state index in [1.54, 1.807) is 30.0 Å². The predicted octanol–water partition coefficient (Wildman–Crippen LogP) is 2.90. The van der Waals surface area contributed by atoms with Gasteiger partial charge in [0, 0.05) is 36.9 Å². The maximum Gasteiger partial charge on any atom is 0.318 e. The number of anilines is 2. The van der Waals surface area contributed by atoms with Gasteiger partial charge in [0.05, 0.1) is 5.69 Å². The molecule has 0 saturated carbocycles. The summed E-state index contributed by atoms with van der Waals surface area (Å²) >= 11 is 6.04. The second kappa shape index (κ2) is 8.84. The van der Waals surface area contributed by atoms with Gasteiger partial charge in [-0.15, -0.1) is 0 Å². The fraction of sp³-hybridized carbons (Fsp3) is 0.300. The van der Waals surface area contributed by atoms with E-state index in [2.05, 4.69) is 15.5 Å². The Balaban J connectivity index is 1.50. The van der Waals surface area contributed by atoms with Gasteiger partial charge in [0.15, 0.2) is 0 Å². The van der Waals surface area contributed by atoms with Gasteiger partial charge in [-0.3, -0.25) is 4.79 Å². The number of piperazine rings is 1. The number of nitrogens with zero attached hydrogens (tertiary/aromatic N) is 2. The third-order valence-corrected chi connectivity index (χ3v) is 4.87. The molecule has 0 aromatic heterocycles. The number of benzene rings is 2. The molecule has 1 atom stereocenters. The summed E-state index contributed by atoms with van der Waals surface area (Å²) in [6.07, 6.45) is 0. The second-order valence-electron chi connectivity index (χ2n) is 6.63. The van der Waals surface area contributed by atoms with Crippen LogP contribution in [0.15, 0.2) is 48.5 Å². The number of nitrogens with one attached hydrogen (secondary N) is 2. The van der Waals surface area contributed by atoms with Crippen LogP contribution in [0.5, 0.6) is 5.75 Å². The van der Waals surface area contributed by atoms with Crippen molar-refractivity contribution in [1.29, 1.82) is 0 Å². The standard InChI is InChI=1S/C20H23ClN4O3/c1-14(19(27)23-17-7-2-3-8-18(17)26)22-20(28)25-11-9-24(10-12-25)16-6-4-5-15(21)13-16/h2-8,13-14,26H,9-12H2,1H3,(H,22,28)(H,23,27)/t14-/m0/s1. The van der Waals surface area contributed by atoms with E-state index in [1.807, 2.05) is 24.3 Å². The third-order valence-electron chi connectivity index (χ3n) is 4.64. The maximum absolute atomic E-state index is 12.5.